The highest BCUT2D eigenvalue weighted by atomic mass is 19.1. The van der Waals surface area contributed by atoms with Crippen LogP contribution in [0.4, 0.5) is 10.1 Å². The van der Waals surface area contributed by atoms with Crippen LogP contribution < -0.4 is 16.0 Å². The quantitative estimate of drug-likeness (QED) is 0.259. The number of aromatic nitrogens is 2. The number of nitrogens with one attached hydrogen (secondary N) is 3. The monoisotopic (exact) mass is 647 g/mol. The molecule has 1 aliphatic heterocycles. The maximum atomic E-state index is 15.7. The lowest BCUT2D eigenvalue weighted by Gasteiger charge is -2.36. The van der Waals surface area contributed by atoms with Crippen LogP contribution in [-0.4, -0.2) is 88.5 Å². The number of carbonyl (C=O) groups is 4. The molecule has 4 atom stereocenters. The summed E-state index contributed by atoms with van der Waals surface area (Å²) in [5, 5.41) is 12.6. The number of halogens is 1. The molecule has 4 amide bonds. The van der Waals surface area contributed by atoms with Crippen LogP contribution in [0.25, 0.3) is 0 Å². The van der Waals surface area contributed by atoms with E-state index in [4.69, 9.17) is 0 Å². The number of likely N-dealkylation sites (N-methyl/N-ethyl adjacent to an activating group) is 1. The van der Waals surface area contributed by atoms with Gasteiger partial charge >= 0.3 is 0 Å². The minimum Gasteiger partial charge on any atom is -0.344 e. The molecule has 11 nitrogen and oxygen atoms in total. The van der Waals surface area contributed by atoms with Crippen molar-refractivity contribution in [2.45, 2.75) is 71.0 Å². The Labute approximate surface area is 275 Å². The molecule has 47 heavy (non-hydrogen) atoms. The summed E-state index contributed by atoms with van der Waals surface area (Å²) in [5.74, 6) is -3.16. The number of carbonyl (C=O) groups excluding carboxylic acids is 4. The molecule has 3 aromatic rings. The predicted octanol–water partition coefficient (Wildman–Crippen LogP) is 3.75. The van der Waals surface area contributed by atoms with Crippen LogP contribution in [0.3, 0.4) is 0 Å². The number of rotatable bonds is 13. The van der Waals surface area contributed by atoms with Gasteiger partial charge in [-0.2, -0.15) is 5.10 Å². The van der Waals surface area contributed by atoms with E-state index >= 15 is 4.39 Å². The summed E-state index contributed by atoms with van der Waals surface area (Å²) in [6.45, 7) is 10.3. The molecule has 0 spiro atoms. The smallest absolute Gasteiger partial charge is 0.270 e. The molecule has 1 saturated heterocycles. The fraction of sp³-hybridized carbons (Fsp3) is 0.457. The van der Waals surface area contributed by atoms with Crippen molar-refractivity contribution in [3.63, 3.8) is 0 Å². The van der Waals surface area contributed by atoms with Crippen molar-refractivity contribution in [1.82, 2.24) is 30.2 Å². The second-order valence-corrected chi connectivity index (χ2v) is 12.0. The lowest BCUT2D eigenvalue weighted by atomic mass is 9.88. The van der Waals surface area contributed by atoms with E-state index in [-0.39, 0.29) is 23.9 Å². The standard InChI is InChI=1S/C35H46FN7O4/c1-6-26(24-12-10-9-11-13-24)32(40-33(45)29-16-17-37-43(29)8-3)34(46)38-28-15-14-25(22-27(28)36)23(4)31(39-30(44)7-2)35(47)42-20-18-41(5)19-21-42/h9-17,22-23,26,31-32H,6-8,18-21H2,1-5H3,(H,38,46)(H,39,44)(H,40,45)/t23-,26?,31+,32?/m0/s1. The van der Waals surface area contributed by atoms with Crippen LogP contribution in [0.15, 0.2) is 60.8 Å². The third kappa shape index (κ3) is 8.62. The van der Waals surface area contributed by atoms with E-state index in [0.29, 0.717) is 37.3 Å². The summed E-state index contributed by atoms with van der Waals surface area (Å²) >= 11 is 0. The maximum Gasteiger partial charge on any atom is 0.270 e. The minimum absolute atomic E-state index is 0.0637. The number of piperazine rings is 1. The first-order valence-corrected chi connectivity index (χ1v) is 16.3. The fourth-order valence-electron chi connectivity index (χ4n) is 5.92. The highest BCUT2D eigenvalue weighted by Crippen LogP contribution is 2.28. The summed E-state index contributed by atoms with van der Waals surface area (Å²) in [7, 11) is 1.99. The Bertz CT molecular complexity index is 1540. The van der Waals surface area contributed by atoms with Crippen LogP contribution in [0.2, 0.25) is 0 Å². The summed E-state index contributed by atoms with van der Waals surface area (Å²) in [6.07, 6.45) is 2.26. The molecule has 1 aromatic heterocycles. The molecular formula is C35H46FN7O4. The molecule has 2 aromatic carbocycles. The first-order valence-electron chi connectivity index (χ1n) is 16.3. The zero-order valence-corrected chi connectivity index (χ0v) is 27.8. The van der Waals surface area contributed by atoms with Crippen LogP contribution in [-0.2, 0) is 20.9 Å². The van der Waals surface area contributed by atoms with Gasteiger partial charge in [-0.05, 0) is 49.7 Å². The van der Waals surface area contributed by atoms with Crippen molar-refractivity contribution < 1.29 is 23.6 Å². The molecule has 252 valence electrons. The van der Waals surface area contributed by atoms with E-state index in [1.54, 1.807) is 30.9 Å². The van der Waals surface area contributed by atoms with Crippen molar-refractivity contribution in [1.29, 1.82) is 0 Å². The third-order valence-electron chi connectivity index (χ3n) is 8.88. The fourth-order valence-corrected chi connectivity index (χ4v) is 5.92. The summed E-state index contributed by atoms with van der Waals surface area (Å²) in [5.41, 5.74) is 1.60. The van der Waals surface area contributed by atoms with Gasteiger partial charge in [-0.15, -0.1) is 0 Å². The van der Waals surface area contributed by atoms with Crippen LogP contribution in [0, 0.1) is 5.82 Å². The number of anilines is 1. The van der Waals surface area contributed by atoms with Crippen molar-refractivity contribution in [2.75, 3.05) is 38.5 Å². The van der Waals surface area contributed by atoms with Crippen LogP contribution in [0.5, 0.6) is 0 Å². The number of nitrogens with zero attached hydrogens (tertiary/aromatic N) is 4. The van der Waals surface area contributed by atoms with Gasteiger partial charge in [-0.1, -0.05) is 57.2 Å². The molecule has 1 fully saturated rings. The SMILES string of the molecule is CCC(=O)N[C@@H](C(=O)N1CCN(C)CC1)[C@@H](C)c1ccc(NC(=O)C(NC(=O)c2ccnn2CC)C(CC)c2ccccc2)c(F)c1. The highest BCUT2D eigenvalue weighted by molar-refractivity contribution is 6.01. The van der Waals surface area contributed by atoms with Crippen molar-refractivity contribution >= 4 is 29.3 Å². The summed E-state index contributed by atoms with van der Waals surface area (Å²) in [6, 6.07) is 13.5. The van der Waals surface area contributed by atoms with Gasteiger partial charge in [-0.3, -0.25) is 23.9 Å². The Morgan fingerprint density at radius 2 is 1.60 bits per heavy atom. The Hall–Kier alpha value is -4.58. The molecule has 3 N–H and O–H groups in total. The molecule has 12 heteroatoms. The maximum absolute atomic E-state index is 15.7. The summed E-state index contributed by atoms with van der Waals surface area (Å²) in [4.78, 5) is 57.1. The first-order chi connectivity index (χ1) is 22.6. The van der Waals surface area contributed by atoms with Gasteiger partial charge in [0.1, 0.15) is 23.6 Å². The van der Waals surface area contributed by atoms with Gasteiger partial charge < -0.3 is 25.8 Å². The van der Waals surface area contributed by atoms with Crippen molar-refractivity contribution in [3.05, 3.63) is 83.4 Å². The molecular weight excluding hydrogens is 601 g/mol. The Kier molecular flexibility index (Phi) is 12.2. The molecule has 0 bridgehead atoms. The molecule has 0 saturated carbocycles. The minimum atomic E-state index is -1.03. The van der Waals surface area contributed by atoms with Gasteiger partial charge in [0.2, 0.25) is 17.7 Å². The molecule has 0 aliphatic carbocycles. The van der Waals surface area contributed by atoms with Crippen molar-refractivity contribution in [2.24, 2.45) is 0 Å². The lowest BCUT2D eigenvalue weighted by Crippen LogP contribution is -2.55. The van der Waals surface area contributed by atoms with E-state index in [1.807, 2.05) is 51.2 Å². The zero-order valence-electron chi connectivity index (χ0n) is 27.8. The van der Waals surface area contributed by atoms with E-state index in [2.05, 4.69) is 25.9 Å². The largest absolute Gasteiger partial charge is 0.344 e. The van der Waals surface area contributed by atoms with Gasteiger partial charge in [0.25, 0.3) is 5.91 Å². The van der Waals surface area contributed by atoms with Crippen LogP contribution in [0.1, 0.15) is 74.0 Å². The normalized spacial score (nSPS) is 16.1. The topological polar surface area (TPSA) is 129 Å². The molecule has 2 unspecified atom stereocenters. The van der Waals surface area contributed by atoms with Gasteiger partial charge in [-0.25, -0.2) is 4.39 Å². The number of aryl methyl sites for hydroxylation is 1. The molecule has 4 rings (SSSR count). The van der Waals surface area contributed by atoms with E-state index in [1.165, 1.54) is 23.0 Å². The highest BCUT2D eigenvalue weighted by Gasteiger charge is 2.34. The second kappa shape index (κ2) is 16.3. The van der Waals surface area contributed by atoms with E-state index < -0.39 is 41.6 Å². The number of hydrogen-bond donors (Lipinski definition) is 3. The average molecular weight is 648 g/mol. The molecule has 2 heterocycles. The second-order valence-electron chi connectivity index (χ2n) is 12.0. The summed E-state index contributed by atoms with van der Waals surface area (Å²) < 4.78 is 17.3. The number of benzene rings is 2. The number of hydrogen-bond acceptors (Lipinski definition) is 6. The Balaban J connectivity index is 1.58. The van der Waals surface area contributed by atoms with E-state index in [0.717, 1.165) is 18.7 Å². The Morgan fingerprint density at radius 1 is 0.894 bits per heavy atom. The van der Waals surface area contributed by atoms with Gasteiger partial charge in [0, 0.05) is 57.2 Å². The lowest BCUT2D eigenvalue weighted by molar-refractivity contribution is -0.138. The Morgan fingerprint density at radius 3 is 2.21 bits per heavy atom. The zero-order chi connectivity index (χ0) is 34.1. The molecule has 1 aliphatic rings. The average Bonchev–Trinajstić information content (AvgIpc) is 3.57. The molecule has 0 radical (unpaired) electrons. The number of amides is 4. The van der Waals surface area contributed by atoms with Crippen LogP contribution >= 0.6 is 0 Å². The van der Waals surface area contributed by atoms with Crippen molar-refractivity contribution in [3.8, 4) is 0 Å². The van der Waals surface area contributed by atoms with E-state index in [9.17, 15) is 19.2 Å². The van der Waals surface area contributed by atoms with Gasteiger partial charge in [0.15, 0.2) is 0 Å². The third-order valence-corrected chi connectivity index (χ3v) is 8.88. The predicted molar refractivity (Wildman–Crippen MR) is 178 cm³/mol. The van der Waals surface area contributed by atoms with Gasteiger partial charge in [0.05, 0.1) is 5.69 Å². The first kappa shape index (κ1) is 35.3.